The summed E-state index contributed by atoms with van der Waals surface area (Å²) in [4.78, 5) is 16.1. The van der Waals surface area contributed by atoms with Gasteiger partial charge in [0.1, 0.15) is 0 Å². The normalized spacial score (nSPS) is 21.8. The first-order valence-electron chi connectivity index (χ1n) is 7.81. The highest BCUT2D eigenvalue weighted by Gasteiger charge is 2.24. The first-order valence-corrected chi connectivity index (χ1v) is 7.81. The van der Waals surface area contributed by atoms with Crippen LogP contribution in [-0.2, 0) is 0 Å². The maximum Gasteiger partial charge on any atom is 0.317 e. The van der Waals surface area contributed by atoms with Gasteiger partial charge in [0.15, 0.2) is 0 Å². The SMILES string of the molecule is CC(C)CN1CCCCC1CNC(=O)N(C)C(C)CO. The minimum atomic E-state index is -0.145. The molecule has 0 bridgehead atoms. The molecule has 5 nitrogen and oxygen atoms in total. The van der Waals surface area contributed by atoms with Crippen molar-refractivity contribution in [2.75, 3.05) is 33.3 Å². The molecule has 2 atom stereocenters. The van der Waals surface area contributed by atoms with Crippen molar-refractivity contribution >= 4 is 6.03 Å². The molecule has 1 saturated heterocycles. The van der Waals surface area contributed by atoms with Gasteiger partial charge in [-0.1, -0.05) is 20.3 Å². The van der Waals surface area contributed by atoms with E-state index in [4.69, 9.17) is 5.11 Å². The molecule has 118 valence electrons. The molecule has 1 aliphatic heterocycles. The average Bonchev–Trinajstić information content (AvgIpc) is 2.43. The number of urea groups is 1. The maximum atomic E-state index is 12.0. The zero-order valence-electron chi connectivity index (χ0n) is 13.4. The van der Waals surface area contributed by atoms with Crippen molar-refractivity contribution in [3.8, 4) is 0 Å². The zero-order chi connectivity index (χ0) is 15.1. The molecule has 1 fully saturated rings. The number of amides is 2. The van der Waals surface area contributed by atoms with Crippen molar-refractivity contribution in [3.63, 3.8) is 0 Å². The lowest BCUT2D eigenvalue weighted by molar-refractivity contribution is 0.124. The quantitative estimate of drug-likeness (QED) is 0.778. The number of likely N-dealkylation sites (N-methyl/N-ethyl adjacent to an activating group) is 1. The Morgan fingerprint density at radius 3 is 2.70 bits per heavy atom. The van der Waals surface area contributed by atoms with Crippen molar-refractivity contribution in [2.45, 2.75) is 52.1 Å². The Kier molecular flexibility index (Phi) is 7.30. The van der Waals surface area contributed by atoms with Gasteiger partial charge in [0.05, 0.1) is 12.6 Å². The second-order valence-electron chi connectivity index (χ2n) is 6.37. The van der Waals surface area contributed by atoms with Crippen LogP contribution in [0.1, 0.15) is 40.0 Å². The number of hydrogen-bond donors (Lipinski definition) is 2. The fourth-order valence-corrected chi connectivity index (χ4v) is 2.65. The number of aliphatic hydroxyl groups is 1. The number of aliphatic hydroxyl groups excluding tert-OH is 1. The summed E-state index contributed by atoms with van der Waals surface area (Å²) in [5.41, 5.74) is 0. The van der Waals surface area contributed by atoms with Crippen molar-refractivity contribution in [3.05, 3.63) is 0 Å². The van der Waals surface area contributed by atoms with Crippen LogP contribution in [-0.4, -0.2) is 66.3 Å². The lowest BCUT2D eigenvalue weighted by atomic mass is 10.0. The molecule has 0 aliphatic carbocycles. The molecular formula is C15H31N3O2. The molecule has 0 aromatic heterocycles. The van der Waals surface area contributed by atoms with Gasteiger partial charge < -0.3 is 15.3 Å². The third-order valence-corrected chi connectivity index (χ3v) is 4.08. The molecule has 2 unspecified atom stereocenters. The summed E-state index contributed by atoms with van der Waals surface area (Å²) in [5, 5.41) is 12.1. The summed E-state index contributed by atoms with van der Waals surface area (Å²) in [5.74, 6) is 0.656. The van der Waals surface area contributed by atoms with Gasteiger partial charge in [0.25, 0.3) is 0 Å². The molecule has 0 aromatic rings. The van der Waals surface area contributed by atoms with Crippen LogP contribution in [0.4, 0.5) is 4.79 Å². The van der Waals surface area contributed by atoms with E-state index >= 15 is 0 Å². The Morgan fingerprint density at radius 2 is 2.10 bits per heavy atom. The summed E-state index contributed by atoms with van der Waals surface area (Å²) in [6, 6.07) is 0.211. The minimum Gasteiger partial charge on any atom is -0.394 e. The predicted octanol–water partition coefficient (Wildman–Crippen LogP) is 1.52. The Labute approximate surface area is 123 Å². The summed E-state index contributed by atoms with van der Waals surface area (Å²) in [6.45, 7) is 9.25. The monoisotopic (exact) mass is 285 g/mol. The highest BCUT2D eigenvalue weighted by molar-refractivity contribution is 5.74. The van der Waals surface area contributed by atoms with Gasteiger partial charge in [0.2, 0.25) is 0 Å². The molecule has 0 radical (unpaired) electrons. The summed E-state index contributed by atoms with van der Waals surface area (Å²) < 4.78 is 0. The number of piperidine rings is 1. The first-order chi connectivity index (χ1) is 9.45. The molecule has 5 heteroatoms. The summed E-state index contributed by atoms with van der Waals surface area (Å²) in [7, 11) is 1.73. The van der Waals surface area contributed by atoms with Crippen LogP contribution in [0.2, 0.25) is 0 Å². The van der Waals surface area contributed by atoms with Gasteiger partial charge >= 0.3 is 6.03 Å². The molecule has 1 heterocycles. The number of nitrogens with one attached hydrogen (secondary N) is 1. The summed E-state index contributed by atoms with van der Waals surface area (Å²) in [6.07, 6.45) is 3.67. The van der Waals surface area contributed by atoms with Gasteiger partial charge in [-0.25, -0.2) is 4.79 Å². The van der Waals surface area contributed by atoms with Crippen LogP contribution in [0.5, 0.6) is 0 Å². The fraction of sp³-hybridized carbons (Fsp3) is 0.933. The van der Waals surface area contributed by atoms with Crippen LogP contribution < -0.4 is 5.32 Å². The van der Waals surface area contributed by atoms with Gasteiger partial charge in [-0.05, 0) is 32.2 Å². The molecule has 2 N–H and O–H groups in total. The zero-order valence-corrected chi connectivity index (χ0v) is 13.4. The van der Waals surface area contributed by atoms with Crippen LogP contribution in [0.15, 0.2) is 0 Å². The molecule has 2 amide bonds. The Balaban J connectivity index is 2.43. The third kappa shape index (κ3) is 5.29. The Hall–Kier alpha value is -0.810. The van der Waals surface area contributed by atoms with Crippen LogP contribution >= 0.6 is 0 Å². The molecule has 0 spiro atoms. The third-order valence-electron chi connectivity index (χ3n) is 4.08. The van der Waals surface area contributed by atoms with E-state index in [9.17, 15) is 4.79 Å². The molecule has 20 heavy (non-hydrogen) atoms. The number of likely N-dealkylation sites (tertiary alicyclic amines) is 1. The van der Waals surface area contributed by atoms with Crippen molar-refractivity contribution in [2.24, 2.45) is 5.92 Å². The predicted molar refractivity (Wildman–Crippen MR) is 81.8 cm³/mol. The van der Waals surface area contributed by atoms with E-state index in [-0.39, 0.29) is 18.7 Å². The van der Waals surface area contributed by atoms with E-state index < -0.39 is 0 Å². The smallest absolute Gasteiger partial charge is 0.317 e. The van der Waals surface area contributed by atoms with Crippen LogP contribution in [0.25, 0.3) is 0 Å². The number of rotatable bonds is 6. The Bertz CT molecular complexity index is 297. The van der Waals surface area contributed by atoms with E-state index in [1.807, 2.05) is 6.92 Å². The topological polar surface area (TPSA) is 55.8 Å². The standard InChI is InChI=1S/C15H31N3O2/c1-12(2)10-18-8-6-5-7-14(18)9-16-15(20)17(4)13(3)11-19/h12-14,19H,5-11H2,1-4H3,(H,16,20). The van der Waals surface area contributed by atoms with Crippen molar-refractivity contribution in [1.29, 1.82) is 0 Å². The van der Waals surface area contributed by atoms with E-state index in [0.717, 1.165) is 19.5 Å². The fourth-order valence-electron chi connectivity index (χ4n) is 2.65. The second-order valence-corrected chi connectivity index (χ2v) is 6.37. The maximum absolute atomic E-state index is 12.0. The Morgan fingerprint density at radius 1 is 1.40 bits per heavy atom. The van der Waals surface area contributed by atoms with E-state index in [1.54, 1.807) is 11.9 Å². The highest BCUT2D eigenvalue weighted by atomic mass is 16.3. The molecular weight excluding hydrogens is 254 g/mol. The van der Waals surface area contributed by atoms with Gasteiger partial charge in [-0.2, -0.15) is 0 Å². The van der Waals surface area contributed by atoms with Crippen LogP contribution in [0, 0.1) is 5.92 Å². The average molecular weight is 285 g/mol. The lowest BCUT2D eigenvalue weighted by Gasteiger charge is -2.37. The lowest BCUT2D eigenvalue weighted by Crippen LogP contribution is -2.51. The molecule has 0 saturated carbocycles. The second kappa shape index (κ2) is 8.47. The number of carbonyl (C=O) groups is 1. The van der Waals surface area contributed by atoms with Crippen molar-refractivity contribution < 1.29 is 9.90 Å². The minimum absolute atomic E-state index is 0.00712. The molecule has 1 rings (SSSR count). The van der Waals surface area contributed by atoms with E-state index in [0.29, 0.717) is 18.5 Å². The van der Waals surface area contributed by atoms with E-state index in [2.05, 4.69) is 24.1 Å². The summed E-state index contributed by atoms with van der Waals surface area (Å²) >= 11 is 0. The van der Waals surface area contributed by atoms with E-state index in [1.165, 1.54) is 12.8 Å². The van der Waals surface area contributed by atoms with Gasteiger partial charge in [0, 0.05) is 26.2 Å². The van der Waals surface area contributed by atoms with Crippen LogP contribution in [0.3, 0.4) is 0 Å². The van der Waals surface area contributed by atoms with Gasteiger partial charge in [-0.15, -0.1) is 0 Å². The largest absolute Gasteiger partial charge is 0.394 e. The number of carbonyl (C=O) groups excluding carboxylic acids is 1. The highest BCUT2D eigenvalue weighted by Crippen LogP contribution is 2.17. The number of hydrogen-bond acceptors (Lipinski definition) is 3. The number of nitrogens with zero attached hydrogens (tertiary/aromatic N) is 2. The van der Waals surface area contributed by atoms with Gasteiger partial charge in [-0.3, -0.25) is 4.90 Å². The first kappa shape index (κ1) is 17.2. The van der Waals surface area contributed by atoms with Crippen molar-refractivity contribution in [1.82, 2.24) is 15.1 Å². The molecule has 1 aliphatic rings. The molecule has 0 aromatic carbocycles.